The highest BCUT2D eigenvalue weighted by Gasteiger charge is 2.39. The number of alkyl carbamates (subject to hydrolysis) is 1. The Bertz CT molecular complexity index is 2160. The predicted octanol–water partition coefficient (Wildman–Crippen LogP) is 5.87. The van der Waals surface area contributed by atoms with E-state index in [0.717, 1.165) is 59.3 Å². The molecule has 5 aromatic rings. The molecule has 0 aliphatic carbocycles. The topological polar surface area (TPSA) is 202 Å². The Balaban J connectivity index is 1.21. The van der Waals surface area contributed by atoms with Gasteiger partial charge in [-0.2, -0.15) is 4.98 Å². The van der Waals surface area contributed by atoms with Gasteiger partial charge >= 0.3 is 12.1 Å². The van der Waals surface area contributed by atoms with Crippen molar-refractivity contribution in [1.29, 1.82) is 0 Å². The summed E-state index contributed by atoms with van der Waals surface area (Å²) in [5, 5.41) is 9.69. The van der Waals surface area contributed by atoms with Gasteiger partial charge in [-0.25, -0.2) is 14.8 Å². The number of rotatable bonds is 12. The Morgan fingerprint density at radius 1 is 0.911 bits per heavy atom. The first-order chi connectivity index (χ1) is 27.0. The Morgan fingerprint density at radius 2 is 1.64 bits per heavy atom. The molecule has 0 saturated carbocycles. The molecule has 56 heavy (non-hydrogen) atoms. The highest BCUT2D eigenvalue weighted by Crippen LogP contribution is 2.40. The molecule has 5 heterocycles. The van der Waals surface area contributed by atoms with Crippen molar-refractivity contribution >= 4 is 29.9 Å². The third-order valence-electron chi connectivity index (χ3n) is 10.7. The number of nitrogens with two attached hydrogens (primary N) is 1. The van der Waals surface area contributed by atoms with Crippen LogP contribution >= 0.6 is 0 Å². The Kier molecular flexibility index (Phi) is 11.1. The van der Waals surface area contributed by atoms with Gasteiger partial charge in [0.2, 0.25) is 11.8 Å². The number of anilines is 2. The van der Waals surface area contributed by atoms with Crippen molar-refractivity contribution in [3.05, 3.63) is 73.1 Å². The molecule has 0 radical (unpaired) electrons. The number of hydrogen-bond acceptors (Lipinski definition) is 11. The number of amides is 3. The largest absolute Gasteiger partial charge is 0.453 e. The minimum absolute atomic E-state index is 0.0750. The molecule has 3 amide bonds. The second-order valence-corrected chi connectivity index (χ2v) is 15.0. The van der Waals surface area contributed by atoms with Crippen LogP contribution in [0.3, 0.4) is 0 Å². The number of likely N-dealkylation sites (tertiary alicyclic amines) is 2. The van der Waals surface area contributed by atoms with Gasteiger partial charge in [0, 0.05) is 24.2 Å². The van der Waals surface area contributed by atoms with E-state index in [1.807, 2.05) is 57.0 Å². The predicted molar refractivity (Wildman–Crippen MR) is 209 cm³/mol. The first-order valence-electron chi connectivity index (χ1n) is 19.1. The van der Waals surface area contributed by atoms with E-state index in [2.05, 4.69) is 65.6 Å². The maximum absolute atomic E-state index is 14.2. The van der Waals surface area contributed by atoms with Gasteiger partial charge < -0.3 is 45.0 Å². The number of aromatic amines is 1. The number of methoxy groups -OCH3 is 1. The van der Waals surface area contributed by atoms with Crippen LogP contribution in [0.25, 0.3) is 33.6 Å². The van der Waals surface area contributed by atoms with Crippen LogP contribution in [-0.2, 0) is 14.3 Å². The third kappa shape index (κ3) is 7.68. The molecule has 0 spiro atoms. The summed E-state index contributed by atoms with van der Waals surface area (Å²) >= 11 is 0. The van der Waals surface area contributed by atoms with Crippen molar-refractivity contribution in [3.8, 4) is 33.6 Å². The second-order valence-electron chi connectivity index (χ2n) is 15.0. The maximum atomic E-state index is 14.2. The van der Waals surface area contributed by atoms with Gasteiger partial charge in [0.15, 0.2) is 0 Å². The van der Waals surface area contributed by atoms with Crippen molar-refractivity contribution in [3.63, 3.8) is 0 Å². The summed E-state index contributed by atoms with van der Waals surface area (Å²) in [5.41, 5.74) is 11.2. The van der Waals surface area contributed by atoms with Crippen molar-refractivity contribution < 1.29 is 23.6 Å². The minimum Gasteiger partial charge on any atom is -0.453 e. The zero-order chi connectivity index (χ0) is 39.5. The first-order valence-corrected chi connectivity index (χ1v) is 19.1. The normalized spacial score (nSPS) is 18.1. The molecule has 4 atom stereocenters. The van der Waals surface area contributed by atoms with Crippen LogP contribution in [0.5, 0.6) is 0 Å². The zero-order valence-corrected chi connectivity index (χ0v) is 32.3. The van der Waals surface area contributed by atoms with Crippen molar-refractivity contribution in [2.24, 2.45) is 11.8 Å². The smallest absolute Gasteiger partial charge is 0.407 e. The molecule has 2 aliphatic heterocycles. The van der Waals surface area contributed by atoms with Gasteiger partial charge in [0.05, 0.1) is 43.3 Å². The summed E-state index contributed by atoms with van der Waals surface area (Å²) in [5.74, 6) is 0.402. The van der Waals surface area contributed by atoms with Crippen LogP contribution in [0, 0.1) is 11.8 Å². The van der Waals surface area contributed by atoms with Crippen LogP contribution < -0.4 is 16.4 Å². The van der Waals surface area contributed by atoms with E-state index in [9.17, 15) is 14.4 Å². The molecule has 2 saturated heterocycles. The zero-order valence-electron chi connectivity index (χ0n) is 32.3. The lowest BCUT2D eigenvalue weighted by atomic mass is 9.95. The van der Waals surface area contributed by atoms with Gasteiger partial charge in [-0.1, -0.05) is 70.2 Å². The number of nitrogens with zero attached hydrogens (tertiary/aromatic N) is 7. The molecule has 0 unspecified atom stereocenters. The molecular weight excluding hydrogens is 715 g/mol. The summed E-state index contributed by atoms with van der Waals surface area (Å²) in [7, 11) is 1.29. The lowest BCUT2D eigenvalue weighted by molar-refractivity contribution is -0.136. The van der Waals surface area contributed by atoms with Crippen molar-refractivity contribution in [2.75, 3.05) is 31.2 Å². The van der Waals surface area contributed by atoms with E-state index in [-0.39, 0.29) is 47.8 Å². The van der Waals surface area contributed by atoms with Crippen molar-refractivity contribution in [2.45, 2.75) is 77.7 Å². The standard InChI is InChI=1S/C40H49N11O5/c1-23(2)33(45-39-47-38(41)56-48-39)37(53)50-18-10-14-32(50)51-22-42-21-31(51)28-19-26(15-16-27(28)25-11-7-6-8-12-25)29-20-43-35(44-29)30-13-9-17-49(30)36(52)34(24(3)4)46-40(54)55-5/h6-8,11-12,15-16,19-24,30,32-34H,9-10,13-14,17-18H2,1-5H3,(H,43,44)(H,46,54)(H3,41,45,47,48)/t30-,32+,33-,34-/m0/s1. The molecule has 2 fully saturated rings. The fourth-order valence-corrected chi connectivity index (χ4v) is 7.81. The van der Waals surface area contributed by atoms with Gasteiger partial charge in [0.25, 0.3) is 5.95 Å². The average Bonchev–Trinajstić information content (AvgIpc) is 4.05. The molecule has 2 aliphatic rings. The van der Waals surface area contributed by atoms with Crippen molar-refractivity contribution in [1.82, 2.24) is 44.8 Å². The summed E-state index contributed by atoms with van der Waals surface area (Å²) in [6.07, 6.45) is 7.66. The molecule has 294 valence electrons. The van der Waals surface area contributed by atoms with Crippen LogP contribution in [0.2, 0.25) is 0 Å². The number of nitrogens with one attached hydrogen (secondary N) is 3. The van der Waals surface area contributed by atoms with E-state index in [1.54, 1.807) is 17.4 Å². The van der Waals surface area contributed by atoms with Crippen LogP contribution in [0.15, 0.2) is 71.8 Å². The number of ether oxygens (including phenoxy) is 1. The monoisotopic (exact) mass is 763 g/mol. The van der Waals surface area contributed by atoms with E-state index in [1.165, 1.54) is 7.11 Å². The molecule has 5 N–H and O–H groups in total. The summed E-state index contributed by atoms with van der Waals surface area (Å²) < 4.78 is 11.8. The van der Waals surface area contributed by atoms with E-state index < -0.39 is 18.2 Å². The number of aromatic nitrogens is 6. The molecular formula is C40H49N11O5. The minimum atomic E-state index is -0.723. The van der Waals surface area contributed by atoms with Crippen LogP contribution in [0.4, 0.5) is 16.8 Å². The molecule has 16 heteroatoms. The number of H-pyrrole nitrogens is 1. The summed E-state index contributed by atoms with van der Waals surface area (Å²) in [6, 6.07) is 14.8. The molecule has 0 bridgehead atoms. The highest BCUT2D eigenvalue weighted by molar-refractivity contribution is 5.88. The fraction of sp³-hybridized carbons (Fsp3) is 0.425. The molecule has 2 aromatic carbocycles. The van der Waals surface area contributed by atoms with E-state index in [0.29, 0.717) is 18.9 Å². The van der Waals surface area contributed by atoms with E-state index in [4.69, 9.17) is 20.0 Å². The van der Waals surface area contributed by atoms with Gasteiger partial charge in [0.1, 0.15) is 24.1 Å². The number of benzene rings is 2. The molecule has 3 aromatic heterocycles. The Labute approximate surface area is 325 Å². The SMILES string of the molecule is COC(=O)N[C@H](C(=O)N1CCC[C@H]1c1ncc(-c2ccc(-c3ccccc3)c(-c3cncn3[C@@H]3CCCN3C(=O)[C@@H](Nc3noc(N)n3)C(C)C)c2)[nH]1)C(C)C. The molecule has 16 nitrogen and oxygen atoms in total. The lowest BCUT2D eigenvalue weighted by Crippen LogP contribution is -2.51. The summed E-state index contributed by atoms with van der Waals surface area (Å²) in [4.78, 5) is 60.8. The van der Waals surface area contributed by atoms with Gasteiger partial charge in [-0.15, -0.1) is 0 Å². The van der Waals surface area contributed by atoms with Gasteiger partial charge in [-0.3, -0.25) is 9.59 Å². The fourth-order valence-electron chi connectivity index (χ4n) is 7.81. The lowest BCUT2D eigenvalue weighted by Gasteiger charge is -2.32. The third-order valence-corrected chi connectivity index (χ3v) is 10.7. The summed E-state index contributed by atoms with van der Waals surface area (Å²) in [6.45, 7) is 8.88. The number of imidazole rings is 2. The Hall–Kier alpha value is -6.19. The number of nitrogen functional groups attached to an aromatic ring is 1. The number of carbonyl (C=O) groups excluding carboxylic acids is 3. The molecule has 7 rings (SSSR count). The van der Waals surface area contributed by atoms with Crippen LogP contribution in [-0.4, -0.2) is 89.7 Å². The van der Waals surface area contributed by atoms with E-state index >= 15 is 0 Å². The second kappa shape index (κ2) is 16.3. The van der Waals surface area contributed by atoms with Crippen LogP contribution in [0.1, 0.15) is 71.4 Å². The maximum Gasteiger partial charge on any atom is 0.407 e. The van der Waals surface area contributed by atoms with Gasteiger partial charge in [-0.05, 0) is 59.9 Å². The number of carbonyl (C=O) groups is 3. The highest BCUT2D eigenvalue weighted by atomic mass is 16.5. The Morgan fingerprint density at radius 3 is 2.36 bits per heavy atom. The number of hydrogen-bond donors (Lipinski definition) is 4. The quantitative estimate of drug-likeness (QED) is 0.118. The first kappa shape index (κ1) is 38.1. The average molecular weight is 764 g/mol.